The molecule has 28 heavy (non-hydrogen) atoms. The van der Waals surface area contributed by atoms with Gasteiger partial charge in [0.05, 0.1) is 0 Å². The lowest BCUT2D eigenvalue weighted by molar-refractivity contribution is -0.116. The Bertz CT molecular complexity index is 765. The number of aliphatic imine (C=N–C) groups is 1. The van der Waals surface area contributed by atoms with Gasteiger partial charge in [0, 0.05) is 37.3 Å². The molecule has 7 heteroatoms. The van der Waals surface area contributed by atoms with Gasteiger partial charge < -0.3 is 16.0 Å². The standard InChI is InChI=1S/C21H27ClN4O.HI/c1-3-6-20(27)26-18-11-9-16(10-12-18)15-25-21(23-2)24-14-13-17-7-4-5-8-19(17)22;/h4-5,7-12H,3,6,13-15H2,1-2H3,(H,26,27)(H2,23,24,25);1H. The van der Waals surface area contributed by atoms with Crippen molar-refractivity contribution in [3.05, 3.63) is 64.7 Å². The van der Waals surface area contributed by atoms with Crippen molar-refractivity contribution in [1.82, 2.24) is 10.6 Å². The van der Waals surface area contributed by atoms with Crippen LogP contribution in [0, 0.1) is 0 Å². The Balaban J connectivity index is 0.00000392. The van der Waals surface area contributed by atoms with E-state index in [1.807, 2.05) is 55.5 Å². The quantitative estimate of drug-likeness (QED) is 0.274. The van der Waals surface area contributed by atoms with Gasteiger partial charge in [-0.05, 0) is 42.2 Å². The molecule has 0 saturated heterocycles. The Hall–Kier alpha value is -1.80. The molecule has 0 bridgehead atoms. The number of amides is 1. The highest BCUT2D eigenvalue weighted by Crippen LogP contribution is 2.14. The van der Waals surface area contributed by atoms with Crippen LogP contribution in [0.25, 0.3) is 0 Å². The second-order valence-corrected chi connectivity index (χ2v) is 6.60. The Kier molecular flexibility index (Phi) is 11.6. The van der Waals surface area contributed by atoms with Crippen molar-refractivity contribution >= 4 is 53.1 Å². The van der Waals surface area contributed by atoms with E-state index in [9.17, 15) is 4.79 Å². The highest BCUT2D eigenvalue weighted by molar-refractivity contribution is 14.0. The minimum Gasteiger partial charge on any atom is -0.356 e. The Labute approximate surface area is 189 Å². The molecule has 0 unspecified atom stereocenters. The number of nitrogens with zero attached hydrogens (tertiary/aromatic N) is 1. The molecule has 0 radical (unpaired) electrons. The van der Waals surface area contributed by atoms with Gasteiger partial charge in [-0.1, -0.05) is 48.9 Å². The van der Waals surface area contributed by atoms with Gasteiger partial charge >= 0.3 is 0 Å². The van der Waals surface area contributed by atoms with Crippen LogP contribution in [0.4, 0.5) is 5.69 Å². The summed E-state index contributed by atoms with van der Waals surface area (Å²) >= 11 is 6.18. The number of nitrogens with one attached hydrogen (secondary N) is 3. The van der Waals surface area contributed by atoms with Crippen molar-refractivity contribution in [3.8, 4) is 0 Å². The monoisotopic (exact) mass is 514 g/mol. The second kappa shape index (κ2) is 13.4. The van der Waals surface area contributed by atoms with E-state index in [0.29, 0.717) is 13.0 Å². The summed E-state index contributed by atoms with van der Waals surface area (Å²) in [5.41, 5.74) is 3.04. The summed E-state index contributed by atoms with van der Waals surface area (Å²) < 4.78 is 0. The lowest BCUT2D eigenvalue weighted by Crippen LogP contribution is -2.37. The van der Waals surface area contributed by atoms with E-state index in [1.54, 1.807) is 7.05 Å². The Morgan fingerprint density at radius 2 is 1.79 bits per heavy atom. The molecule has 1 amide bonds. The molecule has 0 fully saturated rings. The van der Waals surface area contributed by atoms with Crippen LogP contribution in [0.15, 0.2) is 53.5 Å². The Morgan fingerprint density at radius 3 is 2.43 bits per heavy atom. The van der Waals surface area contributed by atoms with Gasteiger partial charge in [-0.2, -0.15) is 0 Å². The number of carbonyl (C=O) groups is 1. The van der Waals surface area contributed by atoms with E-state index in [4.69, 9.17) is 11.6 Å². The predicted molar refractivity (Wildman–Crippen MR) is 129 cm³/mol. The second-order valence-electron chi connectivity index (χ2n) is 6.19. The van der Waals surface area contributed by atoms with E-state index >= 15 is 0 Å². The van der Waals surface area contributed by atoms with E-state index < -0.39 is 0 Å². The lowest BCUT2D eigenvalue weighted by atomic mass is 10.1. The SMILES string of the molecule is CCCC(=O)Nc1ccc(CNC(=NC)NCCc2ccccc2Cl)cc1.I. The van der Waals surface area contributed by atoms with Gasteiger partial charge in [-0.15, -0.1) is 24.0 Å². The summed E-state index contributed by atoms with van der Waals surface area (Å²) in [6, 6.07) is 15.7. The van der Waals surface area contributed by atoms with Crippen LogP contribution in [0.1, 0.15) is 30.9 Å². The number of anilines is 1. The number of hydrogen-bond acceptors (Lipinski definition) is 2. The summed E-state index contributed by atoms with van der Waals surface area (Å²) in [6.45, 7) is 3.38. The topological polar surface area (TPSA) is 65.5 Å². The Morgan fingerprint density at radius 1 is 1.07 bits per heavy atom. The minimum absolute atomic E-state index is 0. The van der Waals surface area contributed by atoms with Gasteiger partial charge in [0.15, 0.2) is 5.96 Å². The van der Waals surface area contributed by atoms with Crippen molar-refractivity contribution in [2.24, 2.45) is 4.99 Å². The molecule has 0 saturated carbocycles. The zero-order valence-electron chi connectivity index (χ0n) is 16.3. The number of benzene rings is 2. The number of guanidine groups is 1. The molecular weight excluding hydrogens is 487 g/mol. The lowest BCUT2D eigenvalue weighted by Gasteiger charge is -2.13. The summed E-state index contributed by atoms with van der Waals surface area (Å²) in [6.07, 6.45) is 2.21. The van der Waals surface area contributed by atoms with Gasteiger partial charge in [0.25, 0.3) is 0 Å². The summed E-state index contributed by atoms with van der Waals surface area (Å²) in [5, 5.41) is 10.2. The molecule has 0 spiro atoms. The largest absolute Gasteiger partial charge is 0.356 e. The van der Waals surface area contributed by atoms with Crippen molar-refractivity contribution in [2.75, 3.05) is 18.9 Å². The molecule has 152 valence electrons. The molecule has 0 aliphatic heterocycles. The fraction of sp³-hybridized carbons (Fsp3) is 0.333. The van der Waals surface area contributed by atoms with Gasteiger partial charge in [0.1, 0.15) is 0 Å². The molecule has 0 aliphatic carbocycles. The maximum Gasteiger partial charge on any atom is 0.224 e. The number of hydrogen-bond donors (Lipinski definition) is 3. The fourth-order valence-corrected chi connectivity index (χ4v) is 2.81. The molecule has 0 aliphatic rings. The first-order chi connectivity index (χ1) is 13.1. The zero-order valence-corrected chi connectivity index (χ0v) is 19.4. The van der Waals surface area contributed by atoms with Crippen LogP contribution in [0.3, 0.4) is 0 Å². The van der Waals surface area contributed by atoms with Crippen molar-refractivity contribution in [3.63, 3.8) is 0 Å². The van der Waals surface area contributed by atoms with Gasteiger partial charge in [-0.3, -0.25) is 9.79 Å². The normalized spacial score (nSPS) is 10.8. The molecule has 0 heterocycles. The molecular formula is C21H28ClIN4O. The molecule has 2 rings (SSSR count). The maximum absolute atomic E-state index is 11.6. The highest BCUT2D eigenvalue weighted by atomic mass is 127. The summed E-state index contributed by atoms with van der Waals surface area (Å²) in [7, 11) is 1.75. The molecule has 0 atom stereocenters. The van der Waals surface area contributed by atoms with E-state index in [2.05, 4.69) is 20.9 Å². The third kappa shape index (κ3) is 8.48. The number of carbonyl (C=O) groups excluding carboxylic acids is 1. The minimum atomic E-state index is 0. The van der Waals surface area contributed by atoms with Crippen LogP contribution < -0.4 is 16.0 Å². The molecule has 2 aromatic rings. The van der Waals surface area contributed by atoms with Crippen molar-refractivity contribution in [2.45, 2.75) is 32.7 Å². The maximum atomic E-state index is 11.6. The third-order valence-corrected chi connectivity index (χ3v) is 4.41. The smallest absolute Gasteiger partial charge is 0.224 e. The predicted octanol–water partition coefficient (Wildman–Crippen LogP) is 4.60. The van der Waals surface area contributed by atoms with E-state index in [1.165, 1.54) is 0 Å². The van der Waals surface area contributed by atoms with Crippen molar-refractivity contribution in [1.29, 1.82) is 0 Å². The van der Waals surface area contributed by atoms with Gasteiger partial charge in [0.2, 0.25) is 5.91 Å². The van der Waals surface area contributed by atoms with Crippen LogP contribution in [-0.2, 0) is 17.8 Å². The number of halogens is 2. The van der Waals surface area contributed by atoms with Crippen molar-refractivity contribution < 1.29 is 4.79 Å². The molecule has 3 N–H and O–H groups in total. The summed E-state index contributed by atoms with van der Waals surface area (Å²) in [5.74, 6) is 0.786. The van der Waals surface area contributed by atoms with Crippen LogP contribution in [0.2, 0.25) is 5.02 Å². The van der Waals surface area contributed by atoms with E-state index in [0.717, 1.165) is 47.2 Å². The number of rotatable bonds is 8. The average molecular weight is 515 g/mol. The first-order valence-electron chi connectivity index (χ1n) is 9.19. The van der Waals surface area contributed by atoms with Crippen LogP contribution in [0.5, 0.6) is 0 Å². The van der Waals surface area contributed by atoms with Crippen LogP contribution >= 0.6 is 35.6 Å². The highest BCUT2D eigenvalue weighted by Gasteiger charge is 2.03. The first kappa shape index (κ1) is 24.2. The molecule has 2 aromatic carbocycles. The fourth-order valence-electron chi connectivity index (χ4n) is 2.58. The molecule has 5 nitrogen and oxygen atoms in total. The zero-order chi connectivity index (χ0) is 19.5. The average Bonchev–Trinajstić information content (AvgIpc) is 2.67. The van der Waals surface area contributed by atoms with Crippen LogP contribution in [-0.4, -0.2) is 25.5 Å². The molecule has 0 aromatic heterocycles. The third-order valence-electron chi connectivity index (χ3n) is 4.04. The summed E-state index contributed by atoms with van der Waals surface area (Å²) in [4.78, 5) is 15.9. The van der Waals surface area contributed by atoms with E-state index in [-0.39, 0.29) is 29.9 Å². The first-order valence-corrected chi connectivity index (χ1v) is 9.57. The van der Waals surface area contributed by atoms with Gasteiger partial charge in [-0.25, -0.2) is 0 Å².